The summed E-state index contributed by atoms with van der Waals surface area (Å²) < 4.78 is 164. The summed E-state index contributed by atoms with van der Waals surface area (Å²) in [5.74, 6) is 2.67. The molecule has 0 unspecified atom stereocenters. The van der Waals surface area contributed by atoms with E-state index in [-0.39, 0.29) is 57.3 Å². The lowest BCUT2D eigenvalue weighted by molar-refractivity contribution is -0.188. The Bertz CT molecular complexity index is 4320. The first-order valence-electron chi connectivity index (χ1n) is 38.1. The number of benzene rings is 7. The monoisotopic (exact) mass is 1950 g/mol. The Hall–Kier alpha value is -5.59. The summed E-state index contributed by atoms with van der Waals surface area (Å²) in [6.07, 6.45) is -1.53. The summed E-state index contributed by atoms with van der Waals surface area (Å²) in [6, 6.07) is 28.4. The number of aliphatic hydroxyl groups excluding tert-OH is 2. The second-order valence-corrected chi connectivity index (χ2v) is 33.5. The lowest BCUT2D eigenvalue weighted by atomic mass is 9.87. The molecule has 0 radical (unpaired) electrons. The van der Waals surface area contributed by atoms with Crippen LogP contribution in [-0.2, 0) is 84.4 Å². The average molecular weight is 1960 g/mol. The van der Waals surface area contributed by atoms with Crippen molar-refractivity contribution < 1.29 is 102 Å². The first-order valence-corrected chi connectivity index (χ1v) is 43.1. The van der Waals surface area contributed by atoms with Gasteiger partial charge in [-0.05, 0) is 239 Å². The van der Waals surface area contributed by atoms with Crippen molar-refractivity contribution in [2.45, 2.75) is 184 Å². The van der Waals surface area contributed by atoms with E-state index in [1.54, 1.807) is 12.1 Å². The molecule has 0 bridgehead atoms. The highest BCUT2D eigenvalue weighted by Gasteiger charge is 2.44. The molecule has 3 fully saturated rings. The minimum absolute atomic E-state index is 0.0110. The van der Waals surface area contributed by atoms with E-state index < -0.39 is 47.6 Å². The molecule has 117 heavy (non-hydrogen) atoms. The van der Waals surface area contributed by atoms with Gasteiger partial charge in [0.2, 0.25) is 5.24 Å². The molecule has 10 aliphatic rings. The molecule has 32 heteroatoms. The Labute approximate surface area is 729 Å². The first-order chi connectivity index (χ1) is 55.7. The zero-order chi connectivity index (χ0) is 84.7. The Kier molecular flexibility index (Phi) is 37.1. The SMILES string of the molecule is Brc1cccc2c1OCC2.C=CC(=O)Cl.Clc1cc(Br)c2c(c1)CCO2.Clc1cc(CBr)c2c(c1)CCO2.FC(F)(F)C1CCC(OCc2cc(Cl)cc3c2OCC3)CC1.Nc1cc2c(c(COC3CCC(C(F)(F)F)CC3)c1)OCC2.O=Cc1cc(Cl)cc2c1OCC2.OC1CCC(C(F)(F)F)CC1.OCc1cc(Cl)cc2c1OCC2. The number of ether oxygens (including phenoxy) is 9. The van der Waals surface area contributed by atoms with E-state index in [9.17, 15) is 49.1 Å². The number of carbonyl (C=O) groups is 2. The molecule has 3 saturated carbocycles. The van der Waals surface area contributed by atoms with Crippen LogP contribution in [0.15, 0.2) is 113 Å². The number of fused-ring (bicyclic) bond motifs is 7. The fourth-order valence-corrected chi connectivity index (χ4v) is 17.6. The Morgan fingerprint density at radius 2 is 0.778 bits per heavy atom. The summed E-state index contributed by atoms with van der Waals surface area (Å²) in [5, 5.41) is 21.7. The molecular formula is C85H89Br3Cl6F9NO13. The summed E-state index contributed by atoms with van der Waals surface area (Å²) in [5.41, 5.74) is 18.8. The van der Waals surface area contributed by atoms with Crippen LogP contribution >= 0.6 is 117 Å². The highest BCUT2D eigenvalue weighted by Crippen LogP contribution is 2.45. The fraction of sp³-hybridized carbons (Fsp3) is 0.459. The van der Waals surface area contributed by atoms with Gasteiger partial charge in [-0.2, -0.15) is 39.5 Å². The van der Waals surface area contributed by atoms with E-state index in [1.165, 1.54) is 16.7 Å². The highest BCUT2D eigenvalue weighted by atomic mass is 79.9. The molecule has 0 atom stereocenters. The molecule has 0 spiro atoms. The zero-order valence-electron chi connectivity index (χ0n) is 63.5. The van der Waals surface area contributed by atoms with Gasteiger partial charge in [0.15, 0.2) is 6.29 Å². The molecule has 3 aliphatic carbocycles. The van der Waals surface area contributed by atoms with Crippen LogP contribution < -0.4 is 38.9 Å². The van der Waals surface area contributed by atoms with Crippen LogP contribution in [0.2, 0.25) is 25.1 Å². The normalized spacial score (nSPS) is 19.7. The third kappa shape index (κ3) is 28.8. The summed E-state index contributed by atoms with van der Waals surface area (Å²) in [6.45, 7) is 8.76. The number of nitrogens with two attached hydrogens (primary N) is 1. The molecule has 7 aromatic rings. The molecule has 638 valence electrons. The number of nitrogen functional groups attached to an aromatic ring is 1. The molecule has 14 nitrogen and oxygen atoms in total. The van der Waals surface area contributed by atoms with Gasteiger partial charge in [-0.1, -0.05) is 92.6 Å². The number of aldehydes is 1. The maximum absolute atomic E-state index is 12.6. The molecule has 17 rings (SSSR count). The number of halogens is 18. The summed E-state index contributed by atoms with van der Waals surface area (Å²) >= 11 is 44.4. The van der Waals surface area contributed by atoms with E-state index in [1.807, 2.05) is 72.8 Å². The van der Waals surface area contributed by atoms with Crippen molar-refractivity contribution in [3.8, 4) is 40.2 Å². The molecule has 4 N–H and O–H groups in total. The average Bonchev–Trinajstić information content (AvgIpc) is 1.71. The first kappa shape index (κ1) is 95.2. The van der Waals surface area contributed by atoms with E-state index in [4.69, 9.17) is 128 Å². The van der Waals surface area contributed by atoms with Crippen LogP contribution in [0.5, 0.6) is 40.2 Å². The summed E-state index contributed by atoms with van der Waals surface area (Å²) in [4.78, 5) is 20.0. The third-order valence-electron chi connectivity index (χ3n) is 20.5. The lowest BCUT2D eigenvalue weighted by Crippen LogP contribution is -2.30. The van der Waals surface area contributed by atoms with Gasteiger partial charge in [-0.3, -0.25) is 9.59 Å². The number of hydrogen-bond acceptors (Lipinski definition) is 14. The van der Waals surface area contributed by atoms with Crippen molar-refractivity contribution >= 4 is 135 Å². The molecular weight excluding hydrogens is 1870 g/mol. The number of alkyl halides is 10. The molecule has 0 saturated heterocycles. The molecule has 0 amide bonds. The number of aliphatic hydroxyl groups is 2. The zero-order valence-corrected chi connectivity index (χ0v) is 72.8. The van der Waals surface area contributed by atoms with Gasteiger partial charge in [-0.15, -0.1) is 0 Å². The quantitative estimate of drug-likeness (QED) is 0.0293. The van der Waals surface area contributed by atoms with Gasteiger partial charge in [0, 0.05) is 109 Å². The topological polar surface area (TPSA) is 184 Å². The van der Waals surface area contributed by atoms with Crippen molar-refractivity contribution in [3.05, 3.63) is 204 Å². The van der Waals surface area contributed by atoms with E-state index in [0.29, 0.717) is 110 Å². The number of allylic oxidation sites excluding steroid dienone is 1. The largest absolute Gasteiger partial charge is 0.493 e. The standard InChI is InChI=1S/C16H18ClF3O2.C16H20F3NO2.C9H8BrClO.C9H9ClO2.C9H7ClO2.C8H6BrClO.C8H7BrO.C7H11F3O.C3H3ClO/c17-13-7-10-5-6-21-15(10)11(8-13)9-22-14-3-1-12(2-4-14)16(18,19)20;17-16(18,19)12-1-3-14(4-2-12)22-9-11-8-13(20)7-10-5-6-21-15(10)11;10-5-7-4-8(11)3-6-1-2-12-9(6)7;2*10-8-3-6-1-2-12-9(6)7(4-8)5-11;9-7-4-6(10)3-5-1-2-11-8(5)7;9-7-3-1-2-6-4-5-10-8(6)7;8-7(9,10)5-1-3-6(11)4-2-5;1-2-3(4)5/h7-8,12,14H,1-6,9H2;7-8,12,14H,1-6,9,20H2;3-4H,1-2,5H2;3-4,11H,1-2,5H2;3-5H,1-2H2;3-4H,1-2H2;1-3H,4-5H2;5-6,11H,1-4H2;2H,1H2. The number of hydrogen-bond donors (Lipinski definition) is 3. The van der Waals surface area contributed by atoms with Gasteiger partial charge in [-0.25, -0.2) is 0 Å². The van der Waals surface area contributed by atoms with Crippen LogP contribution in [0.25, 0.3) is 0 Å². The number of rotatable bonds is 10. The molecule has 7 aliphatic heterocycles. The Morgan fingerprint density at radius 1 is 0.453 bits per heavy atom. The van der Waals surface area contributed by atoms with E-state index in [2.05, 4.69) is 60.4 Å². The van der Waals surface area contributed by atoms with Gasteiger partial charge in [0.25, 0.3) is 0 Å². The molecule has 7 aromatic carbocycles. The highest BCUT2D eigenvalue weighted by molar-refractivity contribution is 9.11. The van der Waals surface area contributed by atoms with Crippen molar-refractivity contribution in [3.63, 3.8) is 0 Å². The fourth-order valence-electron chi connectivity index (χ4n) is 14.6. The minimum Gasteiger partial charge on any atom is -0.493 e. The van der Waals surface area contributed by atoms with Crippen molar-refractivity contribution in [2.24, 2.45) is 17.8 Å². The van der Waals surface area contributed by atoms with Crippen LogP contribution in [0.3, 0.4) is 0 Å². The van der Waals surface area contributed by atoms with Gasteiger partial charge >= 0.3 is 18.5 Å². The maximum Gasteiger partial charge on any atom is 0.391 e. The van der Waals surface area contributed by atoms with Gasteiger partial charge in [0.05, 0.1) is 117 Å². The smallest absolute Gasteiger partial charge is 0.391 e. The second kappa shape index (κ2) is 45.5. The van der Waals surface area contributed by atoms with Crippen LogP contribution in [0.4, 0.5) is 45.2 Å². The molecule has 7 heterocycles. The van der Waals surface area contributed by atoms with E-state index >= 15 is 0 Å². The number of para-hydroxylation sites is 1. The number of anilines is 1. The maximum atomic E-state index is 12.6. The minimum atomic E-state index is -4.08. The van der Waals surface area contributed by atoms with Crippen LogP contribution in [0.1, 0.15) is 149 Å². The summed E-state index contributed by atoms with van der Waals surface area (Å²) in [7, 11) is 0. The number of carbonyl (C=O) groups excluding carboxylic acids is 2. The van der Waals surface area contributed by atoms with Crippen molar-refractivity contribution in [1.82, 2.24) is 0 Å². The van der Waals surface area contributed by atoms with Gasteiger partial charge in [0.1, 0.15) is 40.2 Å². The van der Waals surface area contributed by atoms with Crippen LogP contribution in [0, 0.1) is 17.8 Å². The Balaban J connectivity index is 0.000000154. The molecule has 0 aromatic heterocycles. The third-order valence-corrected chi connectivity index (χ3v) is 23.6. The predicted molar refractivity (Wildman–Crippen MR) is 447 cm³/mol. The van der Waals surface area contributed by atoms with Crippen molar-refractivity contribution in [1.29, 1.82) is 0 Å². The second-order valence-electron chi connectivity index (χ2n) is 28.7. The predicted octanol–water partition coefficient (Wildman–Crippen LogP) is 24.2. The van der Waals surface area contributed by atoms with Crippen molar-refractivity contribution in [2.75, 3.05) is 52.0 Å². The van der Waals surface area contributed by atoms with Crippen LogP contribution in [-0.4, -0.2) is 105 Å². The van der Waals surface area contributed by atoms with Gasteiger partial charge < -0.3 is 58.6 Å². The lowest BCUT2D eigenvalue weighted by Gasteiger charge is -2.30. The van der Waals surface area contributed by atoms with E-state index in [0.717, 1.165) is 180 Å². The Morgan fingerprint density at radius 3 is 1.18 bits per heavy atom.